The van der Waals surface area contributed by atoms with E-state index in [1.54, 1.807) is 27.2 Å². The van der Waals surface area contributed by atoms with Gasteiger partial charge in [-0.25, -0.2) is 0 Å². The Bertz CT molecular complexity index is 1880. The molecule has 53 heavy (non-hydrogen) atoms. The lowest BCUT2D eigenvalue weighted by Gasteiger charge is -2.64. The third-order valence-corrected chi connectivity index (χ3v) is 14.4. The number of nitrogens with one attached hydrogen (secondary N) is 1. The molecular weight excluding hydrogens is 674 g/mol. The number of carbonyl (C=O) groups excluding carboxylic acids is 3. The maximum atomic E-state index is 13.1. The fourth-order valence-corrected chi connectivity index (χ4v) is 11.7. The van der Waals surface area contributed by atoms with Gasteiger partial charge in [-0.3, -0.25) is 14.4 Å². The van der Waals surface area contributed by atoms with Crippen molar-refractivity contribution in [3.05, 3.63) is 70.3 Å². The monoisotopic (exact) mass is 727 g/mol. The fraction of sp³-hybridized carbons (Fsp3) is 0.595. The summed E-state index contributed by atoms with van der Waals surface area (Å²) >= 11 is 0. The molecule has 11 heteroatoms. The molecule has 3 heterocycles. The highest BCUT2D eigenvalue weighted by Gasteiger charge is 2.67. The summed E-state index contributed by atoms with van der Waals surface area (Å²) in [6.45, 7) is 3.85. The van der Waals surface area contributed by atoms with Crippen molar-refractivity contribution in [1.82, 2.24) is 15.1 Å². The molecular formula is C42H53N3O8. The molecule has 0 spiro atoms. The number of ketones is 1. The number of likely N-dealkylation sites (tertiary alicyclic amines) is 2. The smallest absolute Gasteiger partial charge is 0.306 e. The summed E-state index contributed by atoms with van der Waals surface area (Å²) in [5.74, 6) is 0.762. The summed E-state index contributed by atoms with van der Waals surface area (Å²) in [4.78, 5) is 41.6. The molecule has 2 aromatic rings. The molecule has 0 unspecified atom stereocenters. The molecule has 3 N–H and O–H groups in total. The minimum atomic E-state index is -1.05. The maximum absolute atomic E-state index is 13.1. The number of fused-ring (bicyclic) bond motifs is 3. The van der Waals surface area contributed by atoms with E-state index < -0.39 is 22.5 Å². The summed E-state index contributed by atoms with van der Waals surface area (Å²) in [5, 5.41) is 27.2. The van der Waals surface area contributed by atoms with Crippen LogP contribution < -0.4 is 14.8 Å². The molecule has 7 aliphatic rings. The number of hydrogen-bond acceptors (Lipinski definition) is 10. The number of benzene rings is 2. The van der Waals surface area contributed by atoms with Crippen molar-refractivity contribution in [3.63, 3.8) is 0 Å². The second kappa shape index (κ2) is 12.9. The number of Topliss-reactive ketones (excluding diaryl/α,β-unsaturated/α-hetero) is 1. The Hall–Kier alpha value is -3.77. The van der Waals surface area contributed by atoms with Gasteiger partial charge in [-0.2, -0.15) is 0 Å². The van der Waals surface area contributed by atoms with Gasteiger partial charge in [0.05, 0.1) is 44.5 Å². The highest BCUT2D eigenvalue weighted by molar-refractivity contribution is 5.92. The summed E-state index contributed by atoms with van der Waals surface area (Å²) in [7, 11) is 7.47. The molecule has 4 fully saturated rings. The third-order valence-electron chi connectivity index (χ3n) is 14.4. The Labute approximate surface area is 311 Å². The molecule has 3 aliphatic heterocycles. The molecule has 284 valence electrons. The van der Waals surface area contributed by atoms with E-state index >= 15 is 0 Å². The normalized spacial score (nSPS) is 36.5. The summed E-state index contributed by atoms with van der Waals surface area (Å²) in [6.07, 6.45) is 6.84. The average molecular weight is 728 g/mol. The number of hydrogen-bond donors (Lipinski definition) is 3. The summed E-state index contributed by atoms with van der Waals surface area (Å²) < 4.78 is 16.0. The van der Waals surface area contributed by atoms with E-state index in [4.69, 9.17) is 14.2 Å². The van der Waals surface area contributed by atoms with Crippen LogP contribution in [0.15, 0.2) is 48.0 Å². The van der Waals surface area contributed by atoms with E-state index in [2.05, 4.69) is 40.4 Å². The Morgan fingerprint density at radius 3 is 2.04 bits per heavy atom. The van der Waals surface area contributed by atoms with Crippen LogP contribution in [0.25, 0.3) is 0 Å². The predicted octanol–water partition coefficient (Wildman–Crippen LogP) is 3.00. The van der Waals surface area contributed by atoms with Crippen LogP contribution in [0.2, 0.25) is 0 Å². The standard InChI is InChI=1S/C22H29NO5.C20H24N2O3/c1-4-28-20(25)10-15-12-22(26)19-9-14-5-6-16(27-3)11-17(14)21(22,13-18(15)24)7-8-23(19)2;1-22-6-5-19-11-16-13(8-18(23)21-16)10-20(19,24)17(22)7-12-3-4-14(25-2)9-15(12)19/h5-6,11,15,19,26H,4,7-10,12-13H2,1-3H3;3-4,8-9,16-17,24H,5-7,10-11H2,1-2H3,(H,21,23)/t15-,19+,21+,22+;16-,17+,19+,20+/m00/s1. The van der Waals surface area contributed by atoms with Crippen LogP contribution in [-0.4, -0.2) is 115 Å². The van der Waals surface area contributed by atoms with Gasteiger partial charge in [-0.1, -0.05) is 12.1 Å². The zero-order chi connectivity index (χ0) is 37.5. The van der Waals surface area contributed by atoms with E-state index in [9.17, 15) is 24.6 Å². The van der Waals surface area contributed by atoms with Gasteiger partial charge >= 0.3 is 5.97 Å². The van der Waals surface area contributed by atoms with Crippen molar-refractivity contribution in [3.8, 4) is 11.5 Å². The molecule has 8 atom stereocenters. The van der Waals surface area contributed by atoms with Crippen molar-refractivity contribution < 1.29 is 38.8 Å². The first-order valence-electron chi connectivity index (χ1n) is 19.2. The molecule has 0 aromatic heterocycles. The minimum absolute atomic E-state index is 0.0209. The van der Waals surface area contributed by atoms with Crippen molar-refractivity contribution in [1.29, 1.82) is 0 Å². The topological polar surface area (TPSA) is 138 Å². The van der Waals surface area contributed by atoms with Crippen LogP contribution in [0.1, 0.15) is 74.1 Å². The van der Waals surface area contributed by atoms with Crippen molar-refractivity contribution >= 4 is 17.7 Å². The van der Waals surface area contributed by atoms with Gasteiger partial charge in [0.1, 0.15) is 17.3 Å². The van der Waals surface area contributed by atoms with Gasteiger partial charge in [0.15, 0.2) is 0 Å². The molecule has 0 radical (unpaired) electrons. The highest BCUT2D eigenvalue weighted by atomic mass is 16.5. The second-order valence-electron chi connectivity index (χ2n) is 16.7. The molecule has 2 aromatic carbocycles. The first-order valence-corrected chi connectivity index (χ1v) is 19.2. The molecule has 4 aliphatic carbocycles. The lowest BCUT2D eigenvalue weighted by molar-refractivity contribution is -0.180. The van der Waals surface area contributed by atoms with Crippen LogP contribution in [0, 0.1) is 5.92 Å². The first kappa shape index (κ1) is 36.2. The van der Waals surface area contributed by atoms with E-state index in [-0.39, 0.29) is 54.0 Å². The van der Waals surface area contributed by atoms with Gasteiger partial charge in [0.25, 0.3) is 0 Å². The lowest BCUT2D eigenvalue weighted by Crippen LogP contribution is -2.73. The van der Waals surface area contributed by atoms with Crippen molar-refractivity contribution in [2.45, 2.75) is 105 Å². The molecule has 11 nitrogen and oxygen atoms in total. The van der Waals surface area contributed by atoms with Crippen LogP contribution in [-0.2, 0) is 42.8 Å². The zero-order valence-corrected chi connectivity index (χ0v) is 31.6. The number of nitrogens with zero attached hydrogens (tertiary/aromatic N) is 2. The number of carbonyl (C=O) groups is 3. The summed E-state index contributed by atoms with van der Waals surface area (Å²) in [5.41, 5.74) is 2.98. The number of amides is 1. The number of piperidine rings is 2. The molecule has 2 saturated carbocycles. The third kappa shape index (κ3) is 5.32. The van der Waals surface area contributed by atoms with Gasteiger partial charge < -0.3 is 39.5 Å². The largest absolute Gasteiger partial charge is 0.497 e. The van der Waals surface area contributed by atoms with Gasteiger partial charge in [-0.05, 0) is 125 Å². The lowest BCUT2D eigenvalue weighted by atomic mass is 9.47. The quantitative estimate of drug-likeness (QED) is 0.395. The Balaban J connectivity index is 0.000000152. The van der Waals surface area contributed by atoms with Crippen LogP contribution >= 0.6 is 0 Å². The van der Waals surface area contributed by atoms with Crippen LogP contribution in [0.5, 0.6) is 11.5 Å². The van der Waals surface area contributed by atoms with Gasteiger partial charge in [-0.15, -0.1) is 0 Å². The summed E-state index contributed by atoms with van der Waals surface area (Å²) in [6, 6.07) is 12.4. The number of aliphatic hydroxyl groups is 2. The molecule has 2 saturated heterocycles. The van der Waals surface area contributed by atoms with Crippen LogP contribution in [0.3, 0.4) is 0 Å². The van der Waals surface area contributed by atoms with Crippen LogP contribution in [0.4, 0.5) is 0 Å². The molecule has 4 bridgehead atoms. The van der Waals surface area contributed by atoms with E-state index in [1.807, 2.05) is 25.2 Å². The Morgan fingerprint density at radius 1 is 0.849 bits per heavy atom. The minimum Gasteiger partial charge on any atom is -0.497 e. The number of methoxy groups -OCH3 is 2. The number of likely N-dealkylation sites (N-methyl/N-ethyl adjacent to an activating group) is 2. The number of ether oxygens (including phenoxy) is 3. The maximum Gasteiger partial charge on any atom is 0.306 e. The number of rotatable bonds is 5. The number of esters is 1. The Morgan fingerprint density at radius 2 is 1.43 bits per heavy atom. The van der Waals surface area contributed by atoms with E-state index in [0.29, 0.717) is 25.9 Å². The second-order valence-corrected chi connectivity index (χ2v) is 16.7. The van der Waals surface area contributed by atoms with E-state index in [0.717, 1.165) is 61.4 Å². The molecule has 1 amide bonds. The van der Waals surface area contributed by atoms with E-state index in [1.165, 1.54) is 16.7 Å². The van der Waals surface area contributed by atoms with Crippen molar-refractivity contribution in [2.75, 3.05) is 48.0 Å². The van der Waals surface area contributed by atoms with Gasteiger partial charge in [0.2, 0.25) is 5.91 Å². The average Bonchev–Trinajstić information content (AvgIpc) is 3.48. The predicted molar refractivity (Wildman–Crippen MR) is 197 cm³/mol. The van der Waals surface area contributed by atoms with Crippen molar-refractivity contribution in [2.24, 2.45) is 5.92 Å². The fourth-order valence-electron chi connectivity index (χ4n) is 11.7. The Kier molecular flexibility index (Phi) is 8.83. The highest BCUT2D eigenvalue weighted by Crippen LogP contribution is 2.61. The first-order chi connectivity index (χ1) is 25.3. The van der Waals surface area contributed by atoms with Gasteiger partial charge in [0, 0.05) is 47.7 Å². The SMILES string of the molecule is CCOC(=O)C[C@H]1C[C@@]2(O)[C@H]3Cc4ccc(OC)cc4[C@@]2(CCN3C)CC1=O.COc1ccc2c(c1)[C@]13CCN(C)[C@H](C2)[C@]1(O)CC1=CC(=O)N[C@H]1C3. The molecule has 9 rings (SSSR count). The zero-order valence-electron chi connectivity index (χ0n) is 31.6.